The van der Waals surface area contributed by atoms with Gasteiger partial charge < -0.3 is 26.0 Å². The standard InChI is InChI=1S/C20H40N2O3.C4H6O4/c1-3-5-6-7-8-9-10-11-12-16-19(23)22-18(15-13-14-17-21)20(24)25-4-2;5-3(6)1-2-4(7)8/h18H,3-17,21H2,1-2H3,(H,22,23);1-2H2,(H,5,6)(H,7,8)/t18-;/m0./s1. The Kier molecular flexibility index (Phi) is 24.5. The summed E-state index contributed by atoms with van der Waals surface area (Å²) in [6.45, 7) is 4.94. The lowest BCUT2D eigenvalue weighted by Gasteiger charge is -2.17. The van der Waals surface area contributed by atoms with Gasteiger partial charge in [0.1, 0.15) is 6.04 Å². The molecular formula is C24H46N2O7. The van der Waals surface area contributed by atoms with Crippen LogP contribution in [0.2, 0.25) is 0 Å². The third kappa shape index (κ3) is 26.0. The van der Waals surface area contributed by atoms with E-state index < -0.39 is 18.0 Å². The SMILES string of the molecule is CCCCCCCCCCCC(=O)N[C@@H](CCCCN)C(=O)OCC.O=C(O)CCC(=O)O. The second-order valence-electron chi connectivity index (χ2n) is 8.02. The molecule has 0 spiro atoms. The molecule has 1 atom stereocenters. The van der Waals surface area contributed by atoms with Gasteiger partial charge in [-0.2, -0.15) is 0 Å². The smallest absolute Gasteiger partial charge is 0.328 e. The number of aliphatic carboxylic acids is 2. The average Bonchev–Trinajstić information content (AvgIpc) is 2.76. The number of carbonyl (C=O) groups is 4. The Hall–Kier alpha value is -2.16. The van der Waals surface area contributed by atoms with Crippen LogP contribution in [0.1, 0.15) is 110 Å². The zero-order chi connectivity index (χ0) is 25.3. The predicted molar refractivity (Wildman–Crippen MR) is 128 cm³/mol. The molecule has 1 amide bonds. The van der Waals surface area contributed by atoms with E-state index in [1.165, 1.54) is 44.9 Å². The summed E-state index contributed by atoms with van der Waals surface area (Å²) < 4.78 is 5.05. The minimum atomic E-state index is -1.08. The first kappa shape index (κ1) is 33.0. The number of nitrogens with two attached hydrogens (primary N) is 1. The van der Waals surface area contributed by atoms with Crippen LogP contribution in [-0.4, -0.2) is 53.2 Å². The van der Waals surface area contributed by atoms with Crippen molar-refractivity contribution in [2.45, 2.75) is 116 Å². The minimum absolute atomic E-state index is 0.0475. The van der Waals surface area contributed by atoms with Crippen molar-refractivity contribution in [3.05, 3.63) is 0 Å². The monoisotopic (exact) mass is 474 g/mol. The van der Waals surface area contributed by atoms with E-state index in [0.29, 0.717) is 26.0 Å². The molecule has 33 heavy (non-hydrogen) atoms. The molecule has 5 N–H and O–H groups in total. The summed E-state index contributed by atoms with van der Waals surface area (Å²) in [4.78, 5) is 43.3. The number of carboxylic acids is 2. The van der Waals surface area contributed by atoms with E-state index in [1.807, 2.05) is 0 Å². The number of hydrogen-bond acceptors (Lipinski definition) is 6. The highest BCUT2D eigenvalue weighted by atomic mass is 16.5. The van der Waals surface area contributed by atoms with Gasteiger partial charge in [0.2, 0.25) is 5.91 Å². The summed E-state index contributed by atoms with van der Waals surface area (Å²) >= 11 is 0. The largest absolute Gasteiger partial charge is 0.481 e. The first-order chi connectivity index (χ1) is 15.8. The van der Waals surface area contributed by atoms with Crippen molar-refractivity contribution in [1.82, 2.24) is 5.32 Å². The molecule has 0 aromatic carbocycles. The first-order valence-electron chi connectivity index (χ1n) is 12.4. The first-order valence-corrected chi connectivity index (χ1v) is 12.4. The molecule has 0 aromatic rings. The fraction of sp³-hybridized carbons (Fsp3) is 0.833. The van der Waals surface area contributed by atoms with Crippen LogP contribution in [0, 0.1) is 0 Å². The average molecular weight is 475 g/mol. The molecule has 0 aliphatic heterocycles. The summed E-state index contributed by atoms with van der Waals surface area (Å²) in [6.07, 6.45) is 13.2. The molecule has 0 aliphatic carbocycles. The molecule has 0 unspecified atom stereocenters. The van der Waals surface area contributed by atoms with Crippen LogP contribution < -0.4 is 11.1 Å². The molecule has 0 bridgehead atoms. The van der Waals surface area contributed by atoms with Gasteiger partial charge in [0, 0.05) is 6.42 Å². The molecule has 0 aromatic heterocycles. The van der Waals surface area contributed by atoms with Crippen molar-refractivity contribution in [1.29, 1.82) is 0 Å². The van der Waals surface area contributed by atoms with E-state index in [1.54, 1.807) is 6.92 Å². The quantitative estimate of drug-likeness (QED) is 0.152. The number of rotatable bonds is 20. The van der Waals surface area contributed by atoms with Crippen LogP contribution in [0.25, 0.3) is 0 Å². The maximum absolute atomic E-state index is 12.1. The van der Waals surface area contributed by atoms with Crippen molar-refractivity contribution >= 4 is 23.8 Å². The molecule has 9 heteroatoms. The highest BCUT2D eigenvalue weighted by Gasteiger charge is 2.21. The molecule has 0 saturated heterocycles. The van der Waals surface area contributed by atoms with E-state index in [2.05, 4.69) is 12.2 Å². The minimum Gasteiger partial charge on any atom is -0.481 e. The van der Waals surface area contributed by atoms with Gasteiger partial charge in [-0.3, -0.25) is 14.4 Å². The highest BCUT2D eigenvalue weighted by molar-refractivity contribution is 5.84. The van der Waals surface area contributed by atoms with Gasteiger partial charge in [-0.05, 0) is 39.2 Å². The molecular weight excluding hydrogens is 428 g/mol. The fourth-order valence-corrected chi connectivity index (χ4v) is 3.06. The van der Waals surface area contributed by atoms with Crippen LogP contribution in [0.3, 0.4) is 0 Å². The Balaban J connectivity index is 0. The van der Waals surface area contributed by atoms with E-state index >= 15 is 0 Å². The van der Waals surface area contributed by atoms with Gasteiger partial charge in [0.05, 0.1) is 19.4 Å². The summed E-state index contributed by atoms with van der Waals surface area (Å²) in [5.74, 6) is -2.53. The van der Waals surface area contributed by atoms with Gasteiger partial charge in [-0.25, -0.2) is 4.79 Å². The van der Waals surface area contributed by atoms with E-state index in [9.17, 15) is 19.2 Å². The second kappa shape index (κ2) is 24.5. The Morgan fingerprint density at radius 2 is 1.27 bits per heavy atom. The number of carbonyl (C=O) groups excluding carboxylic acids is 2. The number of nitrogens with one attached hydrogen (secondary N) is 1. The third-order valence-electron chi connectivity index (χ3n) is 4.91. The Morgan fingerprint density at radius 3 is 1.73 bits per heavy atom. The van der Waals surface area contributed by atoms with Gasteiger partial charge in [-0.15, -0.1) is 0 Å². The number of carboxylic acid groups (broad SMARTS) is 2. The molecule has 0 rings (SSSR count). The molecule has 0 saturated carbocycles. The van der Waals surface area contributed by atoms with Crippen molar-refractivity contribution in [3.8, 4) is 0 Å². The van der Waals surface area contributed by atoms with Gasteiger partial charge >= 0.3 is 17.9 Å². The number of esters is 1. The Bertz CT molecular complexity index is 513. The van der Waals surface area contributed by atoms with Gasteiger partial charge in [0.15, 0.2) is 0 Å². The Morgan fingerprint density at radius 1 is 0.758 bits per heavy atom. The van der Waals surface area contributed by atoms with Crippen molar-refractivity contribution < 1.29 is 34.1 Å². The van der Waals surface area contributed by atoms with Crippen molar-refractivity contribution in [2.75, 3.05) is 13.2 Å². The lowest BCUT2D eigenvalue weighted by Crippen LogP contribution is -2.41. The summed E-state index contributed by atoms with van der Waals surface area (Å²) in [7, 11) is 0. The normalized spacial score (nSPS) is 11.1. The maximum Gasteiger partial charge on any atom is 0.328 e. The zero-order valence-electron chi connectivity index (χ0n) is 20.6. The number of hydrogen-bond donors (Lipinski definition) is 4. The van der Waals surface area contributed by atoms with Crippen LogP contribution in [0.4, 0.5) is 0 Å². The summed E-state index contributed by atoms with van der Waals surface area (Å²) in [5.41, 5.74) is 5.49. The van der Waals surface area contributed by atoms with Gasteiger partial charge in [0.25, 0.3) is 0 Å². The molecule has 194 valence electrons. The zero-order valence-corrected chi connectivity index (χ0v) is 20.6. The molecule has 0 radical (unpaired) electrons. The summed E-state index contributed by atoms with van der Waals surface area (Å²) in [5, 5.41) is 18.6. The number of unbranched alkanes of at least 4 members (excludes halogenated alkanes) is 9. The molecule has 0 aliphatic rings. The third-order valence-corrected chi connectivity index (χ3v) is 4.91. The van der Waals surface area contributed by atoms with Crippen LogP contribution in [0.5, 0.6) is 0 Å². The van der Waals surface area contributed by atoms with Crippen LogP contribution >= 0.6 is 0 Å². The van der Waals surface area contributed by atoms with Crippen molar-refractivity contribution in [2.24, 2.45) is 5.73 Å². The number of ether oxygens (including phenoxy) is 1. The lowest BCUT2D eigenvalue weighted by molar-refractivity contribution is -0.147. The molecule has 0 fully saturated rings. The fourth-order valence-electron chi connectivity index (χ4n) is 3.06. The van der Waals surface area contributed by atoms with Crippen molar-refractivity contribution in [3.63, 3.8) is 0 Å². The molecule has 0 heterocycles. The molecule has 9 nitrogen and oxygen atoms in total. The predicted octanol–water partition coefficient (Wildman–Crippen LogP) is 4.02. The maximum atomic E-state index is 12.1. The van der Waals surface area contributed by atoms with E-state index in [0.717, 1.165) is 25.7 Å². The summed E-state index contributed by atoms with van der Waals surface area (Å²) in [6, 6.07) is -0.530. The highest BCUT2D eigenvalue weighted by Crippen LogP contribution is 2.11. The van der Waals surface area contributed by atoms with E-state index in [4.69, 9.17) is 20.7 Å². The topological polar surface area (TPSA) is 156 Å². The van der Waals surface area contributed by atoms with Crippen LogP contribution in [-0.2, 0) is 23.9 Å². The van der Waals surface area contributed by atoms with Gasteiger partial charge in [-0.1, -0.05) is 58.3 Å². The lowest BCUT2D eigenvalue weighted by atomic mass is 10.1. The van der Waals surface area contributed by atoms with E-state index in [-0.39, 0.29) is 24.7 Å². The second-order valence-corrected chi connectivity index (χ2v) is 8.02. The number of amides is 1. The van der Waals surface area contributed by atoms with Crippen LogP contribution in [0.15, 0.2) is 0 Å². The Labute approximate surface area is 198 Å².